The summed E-state index contributed by atoms with van der Waals surface area (Å²) < 4.78 is 1.73. The van der Waals surface area contributed by atoms with Crippen molar-refractivity contribution >= 4 is 5.78 Å². The summed E-state index contributed by atoms with van der Waals surface area (Å²) in [5, 5.41) is 3.40. The highest BCUT2D eigenvalue weighted by molar-refractivity contribution is 5.97. The van der Waals surface area contributed by atoms with Gasteiger partial charge in [-0.1, -0.05) is 6.58 Å². The van der Waals surface area contributed by atoms with Gasteiger partial charge in [0.1, 0.15) is 0 Å². The van der Waals surface area contributed by atoms with E-state index >= 15 is 0 Å². The Hall–Kier alpha value is -1.68. The van der Waals surface area contributed by atoms with Gasteiger partial charge in [-0.2, -0.15) is 0 Å². The van der Waals surface area contributed by atoms with Crippen molar-refractivity contribution in [1.82, 2.24) is 9.88 Å². The van der Waals surface area contributed by atoms with E-state index in [0.717, 1.165) is 36.2 Å². The average Bonchev–Trinajstić information content (AvgIpc) is 3.24. The first-order valence-corrected chi connectivity index (χ1v) is 7.31. The van der Waals surface area contributed by atoms with Crippen LogP contribution in [0.4, 0.5) is 0 Å². The van der Waals surface area contributed by atoms with Crippen molar-refractivity contribution in [1.29, 1.82) is 0 Å². The lowest BCUT2D eigenvalue weighted by Gasteiger charge is -2.20. The molecule has 106 valence electrons. The zero-order valence-corrected chi connectivity index (χ0v) is 11.7. The molecule has 3 rings (SSSR count). The monoisotopic (exact) mass is 272 g/mol. The first-order valence-electron chi connectivity index (χ1n) is 7.31. The van der Waals surface area contributed by atoms with Gasteiger partial charge in [0.05, 0.1) is 0 Å². The Morgan fingerprint density at radius 1 is 1.30 bits per heavy atom. The minimum atomic E-state index is -0.0361. The summed E-state index contributed by atoms with van der Waals surface area (Å²) in [6.45, 7) is 5.31. The number of ketones is 1. The number of hydrogen-bond acceptors (Lipinski definition) is 3. The molecule has 0 aromatic carbocycles. The van der Waals surface area contributed by atoms with Crippen molar-refractivity contribution in [2.75, 3.05) is 6.54 Å². The summed E-state index contributed by atoms with van der Waals surface area (Å²) in [4.78, 5) is 24.0. The van der Waals surface area contributed by atoms with Crippen LogP contribution in [0, 0.1) is 0 Å². The third kappa shape index (κ3) is 2.75. The number of nitrogens with zero attached hydrogens (tertiary/aromatic N) is 1. The molecule has 0 amide bonds. The molecule has 20 heavy (non-hydrogen) atoms. The van der Waals surface area contributed by atoms with Gasteiger partial charge in [0.15, 0.2) is 5.78 Å². The molecule has 0 saturated heterocycles. The van der Waals surface area contributed by atoms with Crippen molar-refractivity contribution in [3.8, 4) is 0 Å². The number of nitrogens with one attached hydrogen (secondary N) is 1. The van der Waals surface area contributed by atoms with Gasteiger partial charge in [0, 0.05) is 42.9 Å². The Bertz CT molecular complexity index is 611. The van der Waals surface area contributed by atoms with Gasteiger partial charge in [-0.3, -0.25) is 9.59 Å². The molecule has 1 N–H and O–H groups in total. The normalized spacial score (nSPS) is 17.9. The Balaban J connectivity index is 1.80. The molecule has 1 heterocycles. The quantitative estimate of drug-likeness (QED) is 0.830. The summed E-state index contributed by atoms with van der Waals surface area (Å²) in [5.74, 6) is 0.154. The van der Waals surface area contributed by atoms with Crippen LogP contribution in [0.25, 0.3) is 0 Å². The number of rotatable bonds is 5. The lowest BCUT2D eigenvalue weighted by Crippen LogP contribution is -2.30. The second-order valence-corrected chi connectivity index (χ2v) is 5.80. The summed E-state index contributed by atoms with van der Waals surface area (Å²) >= 11 is 0. The summed E-state index contributed by atoms with van der Waals surface area (Å²) in [6, 6.07) is 3.82. The number of fused-ring (bicyclic) bond motifs is 1. The van der Waals surface area contributed by atoms with E-state index in [2.05, 4.69) is 11.9 Å². The van der Waals surface area contributed by atoms with Crippen LogP contribution in [-0.2, 0) is 13.0 Å². The van der Waals surface area contributed by atoms with E-state index in [1.807, 2.05) is 0 Å². The second kappa shape index (κ2) is 5.37. The van der Waals surface area contributed by atoms with Crippen molar-refractivity contribution in [3.05, 3.63) is 45.9 Å². The highest BCUT2D eigenvalue weighted by Crippen LogP contribution is 2.21. The fraction of sp³-hybridized carbons (Fsp3) is 0.500. The molecule has 1 aromatic heterocycles. The minimum Gasteiger partial charge on any atom is -0.310 e. The van der Waals surface area contributed by atoms with Crippen LogP contribution in [0.15, 0.2) is 29.1 Å². The van der Waals surface area contributed by atoms with Crippen LogP contribution >= 0.6 is 0 Å². The molecule has 0 atom stereocenters. The second-order valence-electron chi connectivity index (χ2n) is 5.80. The van der Waals surface area contributed by atoms with Crippen LogP contribution < -0.4 is 10.9 Å². The van der Waals surface area contributed by atoms with Gasteiger partial charge in [-0.25, -0.2) is 0 Å². The van der Waals surface area contributed by atoms with Crippen LogP contribution in [0.5, 0.6) is 0 Å². The van der Waals surface area contributed by atoms with Gasteiger partial charge in [0.25, 0.3) is 5.56 Å². The number of Topliss-reactive ketones (excluding diaryl/α,β-unsaturated/α-hetero) is 1. The smallest absolute Gasteiger partial charge is 0.251 e. The lowest BCUT2D eigenvalue weighted by molar-refractivity contribution is 0.0970. The number of pyridine rings is 1. The average molecular weight is 272 g/mol. The highest BCUT2D eigenvalue weighted by atomic mass is 16.1. The van der Waals surface area contributed by atoms with E-state index in [4.69, 9.17) is 0 Å². The largest absolute Gasteiger partial charge is 0.310 e. The zero-order valence-electron chi connectivity index (χ0n) is 11.7. The maximum absolute atomic E-state index is 12.1. The molecule has 2 aliphatic rings. The summed E-state index contributed by atoms with van der Waals surface area (Å²) in [5.41, 5.74) is 2.57. The number of carbonyl (C=O) groups is 1. The van der Waals surface area contributed by atoms with Crippen LogP contribution in [0.3, 0.4) is 0 Å². The molecule has 0 radical (unpaired) electrons. The predicted molar refractivity (Wildman–Crippen MR) is 78.1 cm³/mol. The van der Waals surface area contributed by atoms with Gasteiger partial charge >= 0.3 is 0 Å². The highest BCUT2D eigenvalue weighted by Gasteiger charge is 2.22. The first-order chi connectivity index (χ1) is 9.65. The Labute approximate surface area is 118 Å². The van der Waals surface area contributed by atoms with Crippen LogP contribution in [0.1, 0.15) is 41.7 Å². The molecule has 0 spiro atoms. The van der Waals surface area contributed by atoms with Gasteiger partial charge < -0.3 is 9.88 Å². The molecule has 1 aromatic rings. The molecule has 0 aliphatic heterocycles. The standard InChI is InChI=1S/C16H20N2O2/c1-11(9-17-12-5-6-12)10-18-14-3-2-4-15(19)13(14)7-8-16(18)20/h7-8,12,17H,1-6,9-10H2. The van der Waals surface area contributed by atoms with Gasteiger partial charge in [-0.05, 0) is 37.3 Å². The Morgan fingerprint density at radius 2 is 2.10 bits per heavy atom. The number of carbonyl (C=O) groups excluding carboxylic acids is 1. The number of hydrogen-bond donors (Lipinski definition) is 1. The van der Waals surface area contributed by atoms with Crippen LogP contribution in [0.2, 0.25) is 0 Å². The SMILES string of the molecule is C=C(CNC1CC1)Cn1c2c(ccc1=O)C(=O)CCC2. The van der Waals surface area contributed by atoms with E-state index in [9.17, 15) is 9.59 Å². The first kappa shape index (κ1) is 13.3. The molecular formula is C16H20N2O2. The third-order valence-electron chi connectivity index (χ3n) is 4.01. The van der Waals surface area contributed by atoms with Gasteiger partial charge in [0.2, 0.25) is 0 Å². The molecular weight excluding hydrogens is 252 g/mol. The van der Waals surface area contributed by atoms with E-state index in [-0.39, 0.29) is 11.3 Å². The van der Waals surface area contributed by atoms with E-state index in [1.54, 1.807) is 10.6 Å². The van der Waals surface area contributed by atoms with Crippen LogP contribution in [-0.4, -0.2) is 22.9 Å². The lowest BCUT2D eigenvalue weighted by atomic mass is 9.94. The molecule has 4 nitrogen and oxygen atoms in total. The van der Waals surface area contributed by atoms with E-state index < -0.39 is 0 Å². The molecule has 4 heteroatoms. The maximum Gasteiger partial charge on any atom is 0.251 e. The van der Waals surface area contributed by atoms with Crippen molar-refractivity contribution in [2.24, 2.45) is 0 Å². The molecule has 1 fully saturated rings. The fourth-order valence-electron chi connectivity index (χ4n) is 2.72. The Morgan fingerprint density at radius 3 is 2.85 bits per heavy atom. The Kier molecular flexibility index (Phi) is 3.57. The molecule has 0 unspecified atom stereocenters. The third-order valence-corrected chi connectivity index (χ3v) is 4.01. The molecule has 1 saturated carbocycles. The topological polar surface area (TPSA) is 51.1 Å². The fourth-order valence-corrected chi connectivity index (χ4v) is 2.72. The van der Waals surface area contributed by atoms with Crippen molar-refractivity contribution < 1.29 is 4.79 Å². The minimum absolute atomic E-state index is 0.0361. The number of aromatic nitrogens is 1. The molecule has 2 aliphatic carbocycles. The molecule has 0 bridgehead atoms. The maximum atomic E-state index is 12.1. The summed E-state index contributed by atoms with van der Waals surface area (Å²) in [7, 11) is 0. The van der Waals surface area contributed by atoms with E-state index in [0.29, 0.717) is 19.0 Å². The van der Waals surface area contributed by atoms with E-state index in [1.165, 1.54) is 18.9 Å². The predicted octanol–water partition coefficient (Wildman–Crippen LogP) is 1.68. The summed E-state index contributed by atoms with van der Waals surface area (Å²) in [6.07, 6.45) is 4.71. The van der Waals surface area contributed by atoms with Crippen molar-refractivity contribution in [2.45, 2.75) is 44.7 Å². The zero-order chi connectivity index (χ0) is 14.1. The van der Waals surface area contributed by atoms with Gasteiger partial charge in [-0.15, -0.1) is 0 Å². The van der Waals surface area contributed by atoms with Crippen molar-refractivity contribution in [3.63, 3.8) is 0 Å².